The van der Waals surface area contributed by atoms with Crippen LogP contribution in [0.3, 0.4) is 0 Å². The molecule has 2 aromatic rings. The fourth-order valence-corrected chi connectivity index (χ4v) is 3.25. The van der Waals surface area contributed by atoms with E-state index in [-0.39, 0.29) is 24.4 Å². The number of carbonyl (C=O) groups is 2. The summed E-state index contributed by atoms with van der Waals surface area (Å²) in [6, 6.07) is 16.3. The second-order valence-corrected chi connectivity index (χ2v) is 6.63. The van der Waals surface area contributed by atoms with Crippen LogP contribution in [-0.4, -0.2) is 56.7 Å². The highest BCUT2D eigenvalue weighted by molar-refractivity contribution is 6.10. The summed E-state index contributed by atoms with van der Waals surface area (Å²) in [5.41, 5.74) is 0.642. The number of rotatable bonds is 8. The van der Waals surface area contributed by atoms with Gasteiger partial charge in [0.15, 0.2) is 11.5 Å². The van der Waals surface area contributed by atoms with Gasteiger partial charge in [-0.05, 0) is 23.3 Å². The van der Waals surface area contributed by atoms with Gasteiger partial charge in [0.2, 0.25) is 5.91 Å². The van der Waals surface area contributed by atoms with E-state index in [0.717, 1.165) is 0 Å². The van der Waals surface area contributed by atoms with Gasteiger partial charge in [-0.15, -0.1) is 0 Å². The lowest BCUT2D eigenvalue weighted by Gasteiger charge is -2.28. The van der Waals surface area contributed by atoms with Crippen molar-refractivity contribution in [3.8, 4) is 0 Å². The Morgan fingerprint density at radius 1 is 1.14 bits per heavy atom. The predicted octanol–water partition coefficient (Wildman–Crippen LogP) is 1.53. The van der Waals surface area contributed by atoms with Crippen molar-refractivity contribution in [1.82, 2.24) is 10.2 Å². The quantitative estimate of drug-likeness (QED) is 0.587. The molecule has 29 heavy (non-hydrogen) atoms. The lowest BCUT2D eigenvalue weighted by molar-refractivity contribution is -0.129. The van der Waals surface area contributed by atoms with Crippen LogP contribution < -0.4 is 10.6 Å². The molecule has 0 aromatic heterocycles. The first-order valence-corrected chi connectivity index (χ1v) is 9.16. The Morgan fingerprint density at radius 2 is 1.86 bits per heavy atom. The fraction of sp³-hybridized carbons (Fsp3) is 0.286. The molecule has 1 atom stereocenters. The van der Waals surface area contributed by atoms with Gasteiger partial charge in [-0.2, -0.15) is 0 Å². The Morgan fingerprint density at radius 3 is 2.52 bits per heavy atom. The first kappa shape index (κ1) is 20.5. The first-order chi connectivity index (χ1) is 14.0. The van der Waals surface area contributed by atoms with Crippen LogP contribution in [0, 0.1) is 5.41 Å². The number of carbonyl (C=O) groups excluding carboxylic acids is 2. The molecular weight excluding hydrogens is 372 g/mol. The summed E-state index contributed by atoms with van der Waals surface area (Å²) in [4.78, 5) is 26.6. The van der Waals surface area contributed by atoms with Crippen LogP contribution in [0.5, 0.6) is 0 Å². The van der Waals surface area contributed by atoms with Gasteiger partial charge in [-0.3, -0.25) is 19.9 Å². The van der Waals surface area contributed by atoms with Gasteiger partial charge in [0.1, 0.15) is 6.61 Å². The first-order valence-electron chi connectivity index (χ1n) is 9.16. The molecule has 1 fully saturated rings. The molecule has 1 aliphatic rings. The summed E-state index contributed by atoms with van der Waals surface area (Å²) in [5, 5.41) is 13.9. The molecule has 8 heteroatoms. The minimum atomic E-state index is -1.23. The molecule has 0 radical (unpaired) electrons. The molecule has 2 amide bonds. The zero-order valence-electron chi connectivity index (χ0n) is 16.4. The van der Waals surface area contributed by atoms with E-state index in [4.69, 9.17) is 14.9 Å². The van der Waals surface area contributed by atoms with Gasteiger partial charge in [-0.1, -0.05) is 42.5 Å². The number of hydrogen-bond acceptors (Lipinski definition) is 5. The van der Waals surface area contributed by atoms with Crippen LogP contribution in [0.25, 0.3) is 0 Å². The number of likely N-dealkylation sites (N-methyl/N-ethyl adjacent to an activating group) is 1. The van der Waals surface area contributed by atoms with E-state index >= 15 is 0 Å². The summed E-state index contributed by atoms with van der Waals surface area (Å²) < 4.78 is 10.1. The fourth-order valence-electron chi connectivity index (χ4n) is 3.25. The van der Waals surface area contributed by atoms with Gasteiger partial charge in [0, 0.05) is 19.8 Å². The molecule has 0 bridgehead atoms. The van der Waals surface area contributed by atoms with Crippen LogP contribution in [0.4, 0.5) is 5.69 Å². The third kappa shape index (κ3) is 4.13. The number of methoxy groups -OCH3 is 1. The highest BCUT2D eigenvalue weighted by Crippen LogP contribution is 2.36. The average Bonchev–Trinajstić information content (AvgIpc) is 2.97. The Hall–Kier alpha value is -3.23. The van der Waals surface area contributed by atoms with Crippen LogP contribution >= 0.6 is 0 Å². The Labute approximate surface area is 169 Å². The standard InChI is InChI=1S/C21H24N4O4/c1-25-19(27)21(24-20(25)22,15-7-4-3-5-8-15)16-9-6-10-17(13-16)23-18(26)14-29-12-11-28-2/h3-10,13H,11-12,14H2,1-2H3,(H2,22,24)(H,23,26). The molecule has 3 N–H and O–H groups in total. The van der Waals surface area contributed by atoms with E-state index < -0.39 is 5.54 Å². The van der Waals surface area contributed by atoms with Gasteiger partial charge in [-0.25, -0.2) is 0 Å². The minimum absolute atomic E-state index is 0.0137. The van der Waals surface area contributed by atoms with Gasteiger partial charge in [0.25, 0.3) is 5.91 Å². The van der Waals surface area contributed by atoms with Gasteiger partial charge in [0.05, 0.1) is 13.2 Å². The monoisotopic (exact) mass is 396 g/mol. The minimum Gasteiger partial charge on any atom is -0.382 e. The zero-order valence-corrected chi connectivity index (χ0v) is 16.4. The maximum atomic E-state index is 13.2. The number of nitrogens with one attached hydrogen (secondary N) is 3. The maximum absolute atomic E-state index is 13.2. The van der Waals surface area contributed by atoms with E-state index in [9.17, 15) is 9.59 Å². The number of amides is 2. The smallest absolute Gasteiger partial charge is 0.264 e. The highest BCUT2D eigenvalue weighted by atomic mass is 16.5. The molecule has 152 valence electrons. The zero-order chi connectivity index (χ0) is 20.9. The molecular formula is C21H24N4O4. The molecule has 2 aromatic carbocycles. The Kier molecular flexibility index (Phi) is 6.26. The molecule has 0 aliphatic carbocycles. The Bertz CT molecular complexity index is 903. The summed E-state index contributed by atoms with van der Waals surface area (Å²) in [6.45, 7) is 0.644. The molecule has 1 saturated heterocycles. The normalized spacial score (nSPS) is 18.6. The number of benzene rings is 2. The van der Waals surface area contributed by atoms with Gasteiger partial charge < -0.3 is 20.1 Å². The second kappa shape index (κ2) is 8.85. The third-order valence-electron chi connectivity index (χ3n) is 4.72. The predicted molar refractivity (Wildman–Crippen MR) is 109 cm³/mol. The number of nitrogens with zero attached hydrogens (tertiary/aromatic N) is 1. The number of guanidine groups is 1. The number of ether oxygens (including phenoxy) is 2. The van der Waals surface area contributed by atoms with Crippen molar-refractivity contribution < 1.29 is 19.1 Å². The molecule has 1 unspecified atom stereocenters. The lowest BCUT2D eigenvalue weighted by atomic mass is 9.82. The van der Waals surface area contributed by atoms with Crippen molar-refractivity contribution >= 4 is 23.5 Å². The van der Waals surface area contributed by atoms with Crippen molar-refractivity contribution in [2.75, 3.05) is 39.3 Å². The summed E-state index contributed by atoms with van der Waals surface area (Å²) >= 11 is 0. The molecule has 1 heterocycles. The van der Waals surface area contributed by atoms with Crippen molar-refractivity contribution in [3.63, 3.8) is 0 Å². The Balaban J connectivity index is 1.89. The summed E-state index contributed by atoms with van der Waals surface area (Å²) in [7, 11) is 3.12. The van der Waals surface area contributed by atoms with Crippen molar-refractivity contribution in [2.45, 2.75) is 5.54 Å². The van der Waals surface area contributed by atoms with E-state index in [1.165, 1.54) is 4.90 Å². The van der Waals surface area contributed by atoms with Crippen LogP contribution in [0.15, 0.2) is 54.6 Å². The largest absolute Gasteiger partial charge is 0.382 e. The number of hydrogen-bond donors (Lipinski definition) is 3. The van der Waals surface area contributed by atoms with E-state index in [2.05, 4.69) is 10.6 Å². The van der Waals surface area contributed by atoms with E-state index in [0.29, 0.717) is 30.0 Å². The van der Waals surface area contributed by atoms with Crippen LogP contribution in [0.1, 0.15) is 11.1 Å². The second-order valence-electron chi connectivity index (χ2n) is 6.63. The SMILES string of the molecule is COCCOCC(=O)Nc1cccc(C2(c3ccccc3)NC(=N)N(C)C2=O)c1. The average molecular weight is 396 g/mol. The highest BCUT2D eigenvalue weighted by Gasteiger charge is 2.51. The van der Waals surface area contributed by atoms with Crippen LogP contribution in [0.2, 0.25) is 0 Å². The summed E-state index contributed by atoms with van der Waals surface area (Å²) in [6.07, 6.45) is 0. The van der Waals surface area contributed by atoms with E-state index in [1.807, 2.05) is 30.3 Å². The third-order valence-corrected chi connectivity index (χ3v) is 4.72. The van der Waals surface area contributed by atoms with Crippen molar-refractivity contribution in [3.05, 3.63) is 65.7 Å². The summed E-state index contributed by atoms with van der Waals surface area (Å²) in [5.74, 6) is -0.553. The molecule has 3 rings (SSSR count). The van der Waals surface area contributed by atoms with E-state index in [1.54, 1.807) is 38.4 Å². The lowest BCUT2D eigenvalue weighted by Crippen LogP contribution is -2.45. The maximum Gasteiger partial charge on any atom is 0.264 e. The van der Waals surface area contributed by atoms with Crippen molar-refractivity contribution in [1.29, 1.82) is 5.41 Å². The topological polar surface area (TPSA) is 104 Å². The number of anilines is 1. The van der Waals surface area contributed by atoms with Gasteiger partial charge >= 0.3 is 0 Å². The molecule has 0 spiro atoms. The molecule has 0 saturated carbocycles. The van der Waals surface area contributed by atoms with Crippen molar-refractivity contribution in [2.24, 2.45) is 0 Å². The molecule has 8 nitrogen and oxygen atoms in total. The molecule has 1 aliphatic heterocycles. The van der Waals surface area contributed by atoms with Crippen LogP contribution in [-0.2, 0) is 24.6 Å².